The second-order valence-electron chi connectivity index (χ2n) is 7.45. The molecule has 3 aromatic carbocycles. The molecular weight excluding hydrogens is 388 g/mol. The highest BCUT2D eigenvalue weighted by molar-refractivity contribution is 6.20. The summed E-state index contributed by atoms with van der Waals surface area (Å²) in [7, 11) is 1.70. The summed E-state index contributed by atoms with van der Waals surface area (Å²) in [6.07, 6.45) is -1.01. The molecule has 0 spiro atoms. The minimum Gasteiger partial charge on any atom is -0.376 e. The second kappa shape index (κ2) is 8.83. The highest BCUT2D eigenvalue weighted by Crippen LogP contribution is 2.27. The van der Waals surface area contributed by atoms with E-state index in [2.05, 4.69) is 10.6 Å². The van der Waals surface area contributed by atoms with Crippen LogP contribution < -0.4 is 15.5 Å². The van der Waals surface area contributed by atoms with Gasteiger partial charge in [0.15, 0.2) is 0 Å². The minimum absolute atomic E-state index is 0.0418. The van der Waals surface area contributed by atoms with E-state index in [1.807, 2.05) is 85.8 Å². The fourth-order valence-electron chi connectivity index (χ4n) is 3.58. The third-order valence-electron chi connectivity index (χ3n) is 5.16. The second-order valence-corrected chi connectivity index (χ2v) is 7.45. The molecule has 0 saturated heterocycles. The molecule has 0 fully saturated rings. The number of aryl methyl sites for hydroxylation is 1. The Balaban J connectivity index is 1.61. The van der Waals surface area contributed by atoms with Gasteiger partial charge in [-0.15, -0.1) is 0 Å². The Morgan fingerprint density at radius 2 is 1.74 bits per heavy atom. The van der Waals surface area contributed by atoms with Crippen molar-refractivity contribution in [2.24, 2.45) is 4.99 Å². The molecule has 1 aliphatic rings. The monoisotopic (exact) mass is 412 g/mol. The van der Waals surface area contributed by atoms with Gasteiger partial charge in [-0.25, -0.2) is 4.99 Å². The maximum atomic E-state index is 13.1. The summed E-state index contributed by atoms with van der Waals surface area (Å²) >= 11 is 0. The number of hydrogen-bond acceptors (Lipinski definition) is 4. The molecule has 6 heteroatoms. The number of likely N-dealkylation sites (N-methyl/N-ethyl adjacent to an activating group) is 1. The number of fused-ring (bicyclic) bond motifs is 1. The topological polar surface area (TPSA) is 73.8 Å². The molecule has 4 rings (SSSR count). The Labute approximate surface area is 181 Å². The van der Waals surface area contributed by atoms with Crippen LogP contribution in [0.5, 0.6) is 0 Å². The van der Waals surface area contributed by atoms with Crippen LogP contribution in [0, 0.1) is 6.92 Å². The molecule has 0 aromatic heterocycles. The van der Waals surface area contributed by atoms with E-state index in [1.54, 1.807) is 11.9 Å². The van der Waals surface area contributed by atoms with Gasteiger partial charge in [-0.05, 0) is 30.7 Å². The van der Waals surface area contributed by atoms with E-state index in [-0.39, 0.29) is 18.4 Å². The number of benzene rings is 3. The van der Waals surface area contributed by atoms with Crippen molar-refractivity contribution in [1.29, 1.82) is 0 Å². The van der Waals surface area contributed by atoms with Crippen molar-refractivity contribution < 1.29 is 9.59 Å². The van der Waals surface area contributed by atoms with E-state index in [4.69, 9.17) is 4.99 Å². The number of nitrogens with one attached hydrogen (secondary N) is 2. The van der Waals surface area contributed by atoms with Crippen molar-refractivity contribution in [1.82, 2.24) is 5.32 Å². The number of hydrogen-bond donors (Lipinski definition) is 2. The number of rotatable bonds is 5. The standard InChI is InChI=1S/C25H24N4O2/c1-17-9-8-12-19(15-17)26-16-22(30)27-24-25(31)29(2)21-14-7-6-13-20(21)23(28-24)18-10-4-3-5-11-18/h3-15,24,26H,16H2,1-2H3,(H,27,30)/t24-/m1/s1. The Hall–Kier alpha value is -3.93. The maximum Gasteiger partial charge on any atom is 0.272 e. The van der Waals surface area contributed by atoms with Gasteiger partial charge in [-0.3, -0.25) is 9.59 Å². The van der Waals surface area contributed by atoms with Gasteiger partial charge in [-0.2, -0.15) is 0 Å². The van der Waals surface area contributed by atoms with Gasteiger partial charge in [0.2, 0.25) is 12.1 Å². The van der Waals surface area contributed by atoms with Crippen LogP contribution >= 0.6 is 0 Å². The number of nitrogens with zero attached hydrogens (tertiary/aromatic N) is 2. The van der Waals surface area contributed by atoms with E-state index in [0.717, 1.165) is 28.1 Å². The molecule has 0 aliphatic carbocycles. The summed E-state index contributed by atoms with van der Waals surface area (Å²) < 4.78 is 0. The molecule has 6 nitrogen and oxygen atoms in total. The van der Waals surface area contributed by atoms with Crippen molar-refractivity contribution in [3.8, 4) is 0 Å². The lowest BCUT2D eigenvalue weighted by Crippen LogP contribution is -2.47. The Morgan fingerprint density at radius 3 is 2.52 bits per heavy atom. The summed E-state index contributed by atoms with van der Waals surface area (Å²) in [6.45, 7) is 2.03. The van der Waals surface area contributed by atoms with Crippen LogP contribution in [0.4, 0.5) is 11.4 Å². The molecular formula is C25H24N4O2. The third-order valence-corrected chi connectivity index (χ3v) is 5.16. The Kier molecular flexibility index (Phi) is 5.80. The molecule has 156 valence electrons. The van der Waals surface area contributed by atoms with Crippen LogP contribution in [-0.2, 0) is 9.59 Å². The predicted molar refractivity (Wildman–Crippen MR) is 124 cm³/mol. The largest absolute Gasteiger partial charge is 0.376 e. The van der Waals surface area contributed by atoms with E-state index in [0.29, 0.717) is 5.71 Å². The average molecular weight is 412 g/mol. The molecule has 0 unspecified atom stereocenters. The number of carbonyl (C=O) groups excluding carboxylic acids is 2. The van der Waals surface area contributed by atoms with Gasteiger partial charge in [0.05, 0.1) is 17.9 Å². The number of amides is 2. The van der Waals surface area contributed by atoms with Crippen LogP contribution in [0.15, 0.2) is 83.9 Å². The Bertz CT molecular complexity index is 1140. The smallest absolute Gasteiger partial charge is 0.272 e. The molecule has 1 atom stereocenters. The van der Waals surface area contributed by atoms with E-state index in [9.17, 15) is 9.59 Å². The number of anilines is 2. The van der Waals surface area contributed by atoms with Crippen LogP contribution in [0.25, 0.3) is 0 Å². The summed E-state index contributed by atoms with van der Waals surface area (Å²) in [5.74, 6) is -0.599. The van der Waals surface area contributed by atoms with Crippen molar-refractivity contribution in [2.75, 3.05) is 23.8 Å². The quantitative estimate of drug-likeness (QED) is 0.675. The van der Waals surface area contributed by atoms with Crippen molar-refractivity contribution in [3.63, 3.8) is 0 Å². The van der Waals surface area contributed by atoms with Crippen LogP contribution in [0.2, 0.25) is 0 Å². The molecule has 0 bridgehead atoms. The lowest BCUT2D eigenvalue weighted by atomic mass is 10.0. The number of carbonyl (C=O) groups is 2. The molecule has 1 aliphatic heterocycles. The summed E-state index contributed by atoms with van der Waals surface area (Å²) in [5, 5.41) is 5.87. The summed E-state index contributed by atoms with van der Waals surface area (Å²) in [5.41, 5.74) is 5.10. The number of para-hydroxylation sites is 1. The fraction of sp³-hybridized carbons (Fsp3) is 0.160. The zero-order chi connectivity index (χ0) is 21.8. The Morgan fingerprint density at radius 1 is 1.00 bits per heavy atom. The first kappa shape index (κ1) is 20.3. The van der Waals surface area contributed by atoms with Gasteiger partial charge >= 0.3 is 0 Å². The van der Waals surface area contributed by atoms with E-state index in [1.165, 1.54) is 0 Å². The summed E-state index contributed by atoms with van der Waals surface area (Å²) in [4.78, 5) is 32.0. The SMILES string of the molecule is Cc1cccc(NCC(=O)N[C@@H]2N=C(c3ccccc3)c3ccccc3N(C)C2=O)c1. The van der Waals surface area contributed by atoms with E-state index < -0.39 is 6.17 Å². The van der Waals surface area contributed by atoms with Gasteiger partial charge in [0.1, 0.15) is 0 Å². The lowest BCUT2D eigenvalue weighted by molar-refractivity contribution is -0.126. The third kappa shape index (κ3) is 4.48. The van der Waals surface area contributed by atoms with Crippen LogP contribution in [0.3, 0.4) is 0 Å². The first-order chi connectivity index (χ1) is 15.0. The molecule has 0 radical (unpaired) electrons. The number of aliphatic imine (C=N–C) groups is 1. The first-order valence-electron chi connectivity index (χ1n) is 10.1. The zero-order valence-corrected chi connectivity index (χ0v) is 17.5. The molecule has 3 aromatic rings. The average Bonchev–Trinajstić information content (AvgIpc) is 2.89. The molecule has 2 amide bonds. The highest BCUT2D eigenvalue weighted by atomic mass is 16.2. The fourth-order valence-corrected chi connectivity index (χ4v) is 3.58. The van der Waals surface area contributed by atoms with Crippen LogP contribution in [-0.4, -0.2) is 37.3 Å². The minimum atomic E-state index is -1.01. The van der Waals surface area contributed by atoms with Gasteiger partial charge in [-0.1, -0.05) is 60.7 Å². The first-order valence-corrected chi connectivity index (χ1v) is 10.1. The zero-order valence-electron chi connectivity index (χ0n) is 17.5. The van der Waals surface area contributed by atoms with Crippen molar-refractivity contribution in [2.45, 2.75) is 13.1 Å². The van der Waals surface area contributed by atoms with Crippen molar-refractivity contribution in [3.05, 3.63) is 95.6 Å². The normalized spacial score (nSPS) is 15.5. The molecule has 0 saturated carbocycles. The molecule has 31 heavy (non-hydrogen) atoms. The molecule has 2 N–H and O–H groups in total. The highest BCUT2D eigenvalue weighted by Gasteiger charge is 2.30. The van der Waals surface area contributed by atoms with Gasteiger partial charge in [0.25, 0.3) is 5.91 Å². The number of benzodiazepines with no additional fused rings is 1. The van der Waals surface area contributed by atoms with Crippen molar-refractivity contribution >= 4 is 28.9 Å². The molecule has 1 heterocycles. The van der Waals surface area contributed by atoms with Crippen LogP contribution in [0.1, 0.15) is 16.7 Å². The summed E-state index contributed by atoms with van der Waals surface area (Å²) in [6, 6.07) is 25.1. The van der Waals surface area contributed by atoms with Gasteiger partial charge < -0.3 is 15.5 Å². The predicted octanol–water partition coefficient (Wildman–Crippen LogP) is 3.36. The lowest BCUT2D eigenvalue weighted by Gasteiger charge is -2.21. The van der Waals surface area contributed by atoms with Gasteiger partial charge in [0, 0.05) is 23.9 Å². The van der Waals surface area contributed by atoms with E-state index >= 15 is 0 Å². The maximum absolute atomic E-state index is 13.1.